The Balaban J connectivity index is 2.06. The van der Waals surface area contributed by atoms with Crippen LogP contribution in [0.25, 0.3) is 0 Å². The first-order valence-electron chi connectivity index (χ1n) is 7.86. The fourth-order valence-corrected chi connectivity index (χ4v) is 2.53. The van der Waals surface area contributed by atoms with Crippen molar-refractivity contribution in [2.45, 2.75) is 52.2 Å². The van der Waals surface area contributed by atoms with Crippen molar-refractivity contribution >= 4 is 12.2 Å². The summed E-state index contributed by atoms with van der Waals surface area (Å²) >= 11 is 0. The van der Waals surface area contributed by atoms with E-state index in [2.05, 4.69) is 10.6 Å². The van der Waals surface area contributed by atoms with E-state index in [-0.39, 0.29) is 6.04 Å². The number of nitrogens with one attached hydrogen (secondary N) is 2. The van der Waals surface area contributed by atoms with Crippen LogP contribution < -0.4 is 15.4 Å². The van der Waals surface area contributed by atoms with Crippen LogP contribution in [0.1, 0.15) is 51.3 Å². The summed E-state index contributed by atoms with van der Waals surface area (Å²) in [6, 6.07) is 5.38. The van der Waals surface area contributed by atoms with E-state index in [0.717, 1.165) is 24.0 Å². The van der Waals surface area contributed by atoms with Crippen molar-refractivity contribution in [3.05, 3.63) is 29.3 Å². The molecule has 1 unspecified atom stereocenters. The van der Waals surface area contributed by atoms with E-state index in [1.807, 2.05) is 33.8 Å². The molecule has 0 saturated carbocycles. The van der Waals surface area contributed by atoms with Gasteiger partial charge >= 0.3 is 12.2 Å². The maximum Gasteiger partial charge on any atom is 0.412 e. The lowest BCUT2D eigenvalue weighted by Crippen LogP contribution is -2.34. The summed E-state index contributed by atoms with van der Waals surface area (Å²) < 4.78 is 10.5. The quantitative estimate of drug-likeness (QED) is 0.896. The highest BCUT2D eigenvalue weighted by atomic mass is 16.6. The highest BCUT2D eigenvalue weighted by Crippen LogP contribution is 2.34. The molecule has 1 aromatic carbocycles. The van der Waals surface area contributed by atoms with Crippen molar-refractivity contribution < 1.29 is 19.1 Å². The lowest BCUT2D eigenvalue weighted by atomic mass is 10.1. The second-order valence-corrected chi connectivity index (χ2v) is 6.52. The number of carbonyl (C=O) groups excluding carboxylic acids is 2. The van der Waals surface area contributed by atoms with Gasteiger partial charge in [0.15, 0.2) is 0 Å². The van der Waals surface area contributed by atoms with Crippen molar-refractivity contribution in [1.82, 2.24) is 10.6 Å². The van der Waals surface area contributed by atoms with Gasteiger partial charge in [-0.3, -0.25) is 0 Å². The normalized spacial score (nSPS) is 16.4. The number of rotatable bonds is 3. The molecule has 0 bridgehead atoms. The molecule has 2 amide bonds. The molecule has 2 N–H and O–H groups in total. The van der Waals surface area contributed by atoms with Crippen LogP contribution in [0.5, 0.6) is 5.75 Å². The molecule has 6 nitrogen and oxygen atoms in total. The molecule has 23 heavy (non-hydrogen) atoms. The van der Waals surface area contributed by atoms with Gasteiger partial charge in [-0.05, 0) is 63.8 Å². The maximum absolute atomic E-state index is 11.9. The number of carbonyl (C=O) groups is 2. The van der Waals surface area contributed by atoms with Crippen molar-refractivity contribution in [1.29, 1.82) is 0 Å². The molecule has 0 spiro atoms. The average Bonchev–Trinajstić information content (AvgIpc) is 2.79. The van der Waals surface area contributed by atoms with Crippen LogP contribution in [0.15, 0.2) is 18.2 Å². The molecule has 6 heteroatoms. The molecule has 0 aromatic heterocycles. The van der Waals surface area contributed by atoms with Gasteiger partial charge in [-0.1, -0.05) is 6.07 Å². The molecular formula is C17H24N2O4. The van der Waals surface area contributed by atoms with Crippen molar-refractivity contribution in [2.75, 3.05) is 6.54 Å². The first-order valence-corrected chi connectivity index (χ1v) is 7.86. The van der Waals surface area contributed by atoms with Gasteiger partial charge in [-0.15, -0.1) is 0 Å². The molecule has 1 aromatic rings. The van der Waals surface area contributed by atoms with Gasteiger partial charge in [0.25, 0.3) is 0 Å². The lowest BCUT2D eigenvalue weighted by molar-refractivity contribution is 0.0503. The Morgan fingerprint density at radius 1 is 1.26 bits per heavy atom. The third kappa shape index (κ3) is 4.87. The molecule has 0 saturated heterocycles. The minimum atomic E-state index is -0.533. The van der Waals surface area contributed by atoms with E-state index in [9.17, 15) is 9.59 Å². The zero-order valence-corrected chi connectivity index (χ0v) is 14.1. The number of benzene rings is 1. The number of ether oxygens (including phenoxy) is 2. The van der Waals surface area contributed by atoms with Gasteiger partial charge in [-0.2, -0.15) is 0 Å². The number of amides is 2. The third-order valence-corrected chi connectivity index (χ3v) is 3.42. The Hall–Kier alpha value is -2.24. The van der Waals surface area contributed by atoms with Gasteiger partial charge < -0.3 is 20.1 Å². The predicted molar refractivity (Wildman–Crippen MR) is 86.6 cm³/mol. The summed E-state index contributed by atoms with van der Waals surface area (Å²) in [4.78, 5) is 23.4. The van der Waals surface area contributed by atoms with Crippen molar-refractivity contribution in [2.24, 2.45) is 0 Å². The van der Waals surface area contributed by atoms with Crippen LogP contribution >= 0.6 is 0 Å². The SMILES string of the molecule is CCNC(=O)Oc1ccc2c(c1)C(NC(=O)OC(C)(C)C)CC2. The predicted octanol–water partition coefficient (Wildman–Crippen LogP) is 3.31. The van der Waals surface area contributed by atoms with Crippen LogP contribution in [0, 0.1) is 0 Å². The number of hydrogen-bond acceptors (Lipinski definition) is 4. The summed E-state index contributed by atoms with van der Waals surface area (Å²) in [5, 5.41) is 5.46. The van der Waals surface area contributed by atoms with Gasteiger partial charge in [0.05, 0.1) is 6.04 Å². The summed E-state index contributed by atoms with van der Waals surface area (Å²) in [5.41, 5.74) is 1.58. The van der Waals surface area contributed by atoms with Crippen LogP contribution in [-0.4, -0.2) is 24.3 Å². The first kappa shape index (κ1) is 17.1. The van der Waals surface area contributed by atoms with Crippen molar-refractivity contribution in [3.63, 3.8) is 0 Å². The van der Waals surface area contributed by atoms with Crippen LogP contribution in [0.2, 0.25) is 0 Å². The van der Waals surface area contributed by atoms with Gasteiger partial charge in [0.2, 0.25) is 0 Å². The summed E-state index contributed by atoms with van der Waals surface area (Å²) in [5.74, 6) is 0.465. The Kier molecular flexibility index (Phi) is 5.13. The molecular weight excluding hydrogens is 296 g/mol. The Bertz CT molecular complexity index is 593. The number of alkyl carbamates (subject to hydrolysis) is 1. The molecule has 1 atom stereocenters. The summed E-state index contributed by atoms with van der Waals surface area (Å²) in [6.45, 7) is 7.81. The number of aryl methyl sites for hydroxylation is 1. The largest absolute Gasteiger partial charge is 0.444 e. The maximum atomic E-state index is 11.9. The zero-order valence-electron chi connectivity index (χ0n) is 14.1. The fraction of sp³-hybridized carbons (Fsp3) is 0.529. The van der Waals surface area contributed by atoms with E-state index < -0.39 is 17.8 Å². The summed E-state index contributed by atoms with van der Waals surface area (Å²) in [7, 11) is 0. The lowest BCUT2D eigenvalue weighted by Gasteiger charge is -2.22. The highest BCUT2D eigenvalue weighted by Gasteiger charge is 2.27. The number of fused-ring (bicyclic) bond motifs is 1. The van der Waals surface area contributed by atoms with E-state index in [1.54, 1.807) is 12.1 Å². The van der Waals surface area contributed by atoms with Crippen LogP contribution in [-0.2, 0) is 11.2 Å². The molecule has 0 heterocycles. The molecule has 2 rings (SSSR count). The number of hydrogen-bond donors (Lipinski definition) is 2. The molecule has 1 aliphatic carbocycles. The van der Waals surface area contributed by atoms with Crippen LogP contribution in [0.3, 0.4) is 0 Å². The second kappa shape index (κ2) is 6.89. The fourth-order valence-electron chi connectivity index (χ4n) is 2.53. The average molecular weight is 320 g/mol. The van der Waals surface area contributed by atoms with E-state index in [0.29, 0.717) is 12.3 Å². The van der Waals surface area contributed by atoms with Gasteiger partial charge in [0.1, 0.15) is 11.4 Å². The molecule has 126 valence electrons. The highest BCUT2D eigenvalue weighted by molar-refractivity contribution is 5.71. The molecule has 1 aliphatic rings. The Labute approximate surface area is 136 Å². The van der Waals surface area contributed by atoms with E-state index >= 15 is 0 Å². The smallest absolute Gasteiger partial charge is 0.412 e. The minimum absolute atomic E-state index is 0.127. The standard InChI is InChI=1S/C17H24N2O4/c1-5-18-15(20)22-12-8-6-11-7-9-14(13(11)10-12)19-16(21)23-17(2,3)4/h6,8,10,14H,5,7,9H2,1-4H3,(H,18,20)(H,19,21). The van der Waals surface area contributed by atoms with E-state index in [1.165, 1.54) is 0 Å². The molecule has 0 fully saturated rings. The first-order chi connectivity index (χ1) is 10.8. The van der Waals surface area contributed by atoms with Crippen LogP contribution in [0.4, 0.5) is 9.59 Å². The third-order valence-electron chi connectivity index (χ3n) is 3.42. The zero-order chi connectivity index (χ0) is 17.0. The van der Waals surface area contributed by atoms with Gasteiger partial charge in [0, 0.05) is 6.54 Å². The molecule has 0 radical (unpaired) electrons. The van der Waals surface area contributed by atoms with Gasteiger partial charge in [-0.25, -0.2) is 9.59 Å². The monoisotopic (exact) mass is 320 g/mol. The van der Waals surface area contributed by atoms with Crippen molar-refractivity contribution in [3.8, 4) is 5.75 Å². The molecule has 0 aliphatic heterocycles. The second-order valence-electron chi connectivity index (χ2n) is 6.52. The Morgan fingerprint density at radius 2 is 2.00 bits per heavy atom. The topological polar surface area (TPSA) is 76.7 Å². The Morgan fingerprint density at radius 3 is 2.65 bits per heavy atom. The van der Waals surface area contributed by atoms with E-state index in [4.69, 9.17) is 9.47 Å². The summed E-state index contributed by atoms with van der Waals surface area (Å²) in [6.07, 6.45) is 0.753. The minimum Gasteiger partial charge on any atom is -0.444 e.